The largest absolute Gasteiger partial charge is 0.469 e. The number of benzene rings is 1. The van der Waals surface area contributed by atoms with Crippen LogP contribution in [-0.4, -0.2) is 26.2 Å². The Bertz CT molecular complexity index is 423. The molecule has 1 unspecified atom stereocenters. The van der Waals surface area contributed by atoms with Gasteiger partial charge in [0.1, 0.15) is 0 Å². The maximum Gasteiger partial charge on any atom is 0.317 e. The SMILES string of the molecule is COC(=O)C/C=C/C(C(=O)OC)c1ccccc1. The van der Waals surface area contributed by atoms with Crippen molar-refractivity contribution in [1.82, 2.24) is 0 Å². The molecule has 1 aromatic carbocycles. The van der Waals surface area contributed by atoms with Crippen LogP contribution in [0.1, 0.15) is 17.9 Å². The lowest BCUT2D eigenvalue weighted by Crippen LogP contribution is -2.12. The molecule has 0 bridgehead atoms. The number of ether oxygens (including phenoxy) is 2. The van der Waals surface area contributed by atoms with Crippen molar-refractivity contribution in [2.75, 3.05) is 14.2 Å². The van der Waals surface area contributed by atoms with E-state index < -0.39 is 5.92 Å². The summed E-state index contributed by atoms with van der Waals surface area (Å²) in [6.07, 6.45) is 3.40. The molecule has 18 heavy (non-hydrogen) atoms. The first-order chi connectivity index (χ1) is 8.69. The Labute approximate surface area is 106 Å². The summed E-state index contributed by atoms with van der Waals surface area (Å²) < 4.78 is 9.26. The summed E-state index contributed by atoms with van der Waals surface area (Å²) in [5.74, 6) is -1.20. The van der Waals surface area contributed by atoms with E-state index in [-0.39, 0.29) is 18.4 Å². The van der Waals surface area contributed by atoms with Crippen LogP contribution in [0.3, 0.4) is 0 Å². The van der Waals surface area contributed by atoms with E-state index in [0.717, 1.165) is 5.56 Å². The monoisotopic (exact) mass is 248 g/mol. The van der Waals surface area contributed by atoms with Crippen LogP contribution in [0.4, 0.5) is 0 Å². The van der Waals surface area contributed by atoms with Gasteiger partial charge < -0.3 is 9.47 Å². The molecule has 0 aliphatic rings. The third-order valence-electron chi connectivity index (χ3n) is 2.45. The Kier molecular flexibility index (Phi) is 5.64. The Balaban J connectivity index is 2.80. The van der Waals surface area contributed by atoms with Crippen LogP contribution in [0.25, 0.3) is 0 Å². The quantitative estimate of drug-likeness (QED) is 0.591. The first kappa shape index (κ1) is 14.0. The van der Waals surface area contributed by atoms with Gasteiger partial charge in [-0.3, -0.25) is 9.59 Å². The van der Waals surface area contributed by atoms with Gasteiger partial charge in [-0.2, -0.15) is 0 Å². The highest BCUT2D eigenvalue weighted by Crippen LogP contribution is 2.18. The van der Waals surface area contributed by atoms with Crippen molar-refractivity contribution >= 4 is 11.9 Å². The van der Waals surface area contributed by atoms with Gasteiger partial charge in [-0.1, -0.05) is 42.5 Å². The van der Waals surface area contributed by atoms with Gasteiger partial charge in [0.2, 0.25) is 0 Å². The normalized spacial score (nSPS) is 12.1. The summed E-state index contributed by atoms with van der Waals surface area (Å²) in [5.41, 5.74) is 0.825. The number of methoxy groups -OCH3 is 2. The van der Waals surface area contributed by atoms with Crippen molar-refractivity contribution < 1.29 is 19.1 Å². The molecular formula is C14H16O4. The highest BCUT2D eigenvalue weighted by Gasteiger charge is 2.17. The summed E-state index contributed by atoms with van der Waals surface area (Å²) in [5, 5.41) is 0. The predicted octanol–water partition coefficient (Wildman–Crippen LogP) is 2.06. The fourth-order valence-corrected chi connectivity index (χ4v) is 1.50. The van der Waals surface area contributed by atoms with Crippen molar-refractivity contribution in [2.24, 2.45) is 0 Å². The van der Waals surface area contributed by atoms with Gasteiger partial charge in [-0.05, 0) is 5.56 Å². The number of carbonyl (C=O) groups is 2. The van der Waals surface area contributed by atoms with Gasteiger partial charge in [0.25, 0.3) is 0 Å². The van der Waals surface area contributed by atoms with E-state index in [9.17, 15) is 9.59 Å². The maximum atomic E-state index is 11.7. The molecule has 0 aromatic heterocycles. The van der Waals surface area contributed by atoms with Crippen molar-refractivity contribution in [3.63, 3.8) is 0 Å². The molecule has 1 rings (SSSR count). The molecule has 96 valence electrons. The Morgan fingerprint density at radius 2 is 1.83 bits per heavy atom. The number of hydrogen-bond acceptors (Lipinski definition) is 4. The molecule has 0 saturated heterocycles. The fraction of sp³-hybridized carbons (Fsp3) is 0.286. The van der Waals surface area contributed by atoms with Gasteiger partial charge in [-0.25, -0.2) is 0 Å². The topological polar surface area (TPSA) is 52.6 Å². The fourth-order valence-electron chi connectivity index (χ4n) is 1.50. The second-order valence-corrected chi connectivity index (χ2v) is 3.62. The average Bonchev–Trinajstić information content (AvgIpc) is 2.43. The lowest BCUT2D eigenvalue weighted by atomic mass is 9.98. The van der Waals surface area contributed by atoms with Gasteiger partial charge in [-0.15, -0.1) is 0 Å². The van der Waals surface area contributed by atoms with Crippen LogP contribution >= 0.6 is 0 Å². The van der Waals surface area contributed by atoms with Crippen LogP contribution in [0.2, 0.25) is 0 Å². The molecule has 1 aromatic rings. The number of carbonyl (C=O) groups excluding carboxylic acids is 2. The van der Waals surface area contributed by atoms with E-state index in [4.69, 9.17) is 4.74 Å². The van der Waals surface area contributed by atoms with Crippen molar-refractivity contribution in [2.45, 2.75) is 12.3 Å². The zero-order valence-corrected chi connectivity index (χ0v) is 10.5. The lowest BCUT2D eigenvalue weighted by Gasteiger charge is -2.10. The Morgan fingerprint density at radius 3 is 2.39 bits per heavy atom. The van der Waals surface area contributed by atoms with Crippen molar-refractivity contribution in [1.29, 1.82) is 0 Å². The molecule has 0 saturated carbocycles. The Hall–Kier alpha value is -2.10. The average molecular weight is 248 g/mol. The molecule has 0 amide bonds. The summed E-state index contributed by atoms with van der Waals surface area (Å²) in [6.45, 7) is 0. The van der Waals surface area contributed by atoms with E-state index in [1.54, 1.807) is 12.2 Å². The third kappa shape index (κ3) is 4.05. The molecule has 0 heterocycles. The molecule has 0 N–H and O–H groups in total. The van der Waals surface area contributed by atoms with Crippen molar-refractivity contribution in [3.8, 4) is 0 Å². The molecule has 0 aliphatic heterocycles. The zero-order valence-electron chi connectivity index (χ0n) is 10.5. The second-order valence-electron chi connectivity index (χ2n) is 3.62. The highest BCUT2D eigenvalue weighted by atomic mass is 16.5. The van der Waals surface area contributed by atoms with Gasteiger partial charge in [0.05, 0.1) is 26.6 Å². The minimum atomic E-state index is -0.499. The molecule has 0 aliphatic carbocycles. The molecule has 0 radical (unpaired) electrons. The maximum absolute atomic E-state index is 11.7. The standard InChI is InChI=1S/C14H16O4/c1-17-13(15)10-6-9-12(14(16)18-2)11-7-4-3-5-8-11/h3-9,12H,10H2,1-2H3/b9-6+. The minimum Gasteiger partial charge on any atom is -0.469 e. The molecule has 0 fully saturated rings. The molecule has 0 spiro atoms. The molecule has 1 atom stereocenters. The Morgan fingerprint density at radius 1 is 1.17 bits per heavy atom. The predicted molar refractivity (Wildman–Crippen MR) is 67.0 cm³/mol. The minimum absolute atomic E-state index is 0.136. The molecular weight excluding hydrogens is 232 g/mol. The first-order valence-corrected chi connectivity index (χ1v) is 5.55. The van der Waals surface area contributed by atoms with E-state index in [1.165, 1.54) is 14.2 Å². The van der Waals surface area contributed by atoms with E-state index in [1.807, 2.05) is 30.3 Å². The van der Waals surface area contributed by atoms with Crippen molar-refractivity contribution in [3.05, 3.63) is 48.0 Å². The number of esters is 2. The lowest BCUT2D eigenvalue weighted by molar-refractivity contribution is -0.141. The summed E-state index contributed by atoms with van der Waals surface area (Å²) in [4.78, 5) is 22.6. The van der Waals surface area contributed by atoms with E-state index in [0.29, 0.717) is 0 Å². The van der Waals surface area contributed by atoms with E-state index >= 15 is 0 Å². The second kappa shape index (κ2) is 7.27. The van der Waals surface area contributed by atoms with Gasteiger partial charge in [0.15, 0.2) is 0 Å². The smallest absolute Gasteiger partial charge is 0.317 e. The van der Waals surface area contributed by atoms with Crippen LogP contribution in [-0.2, 0) is 19.1 Å². The molecule has 4 nitrogen and oxygen atoms in total. The number of rotatable bonds is 5. The zero-order chi connectivity index (χ0) is 13.4. The number of hydrogen-bond donors (Lipinski definition) is 0. The van der Waals surface area contributed by atoms with Crippen LogP contribution in [0, 0.1) is 0 Å². The van der Waals surface area contributed by atoms with Gasteiger partial charge >= 0.3 is 11.9 Å². The van der Waals surface area contributed by atoms with E-state index in [2.05, 4.69) is 4.74 Å². The van der Waals surface area contributed by atoms with Crippen LogP contribution in [0.15, 0.2) is 42.5 Å². The summed E-state index contributed by atoms with van der Waals surface area (Å²) in [7, 11) is 2.66. The van der Waals surface area contributed by atoms with Crippen LogP contribution < -0.4 is 0 Å². The summed E-state index contributed by atoms with van der Waals surface area (Å²) >= 11 is 0. The van der Waals surface area contributed by atoms with Crippen LogP contribution in [0.5, 0.6) is 0 Å². The van der Waals surface area contributed by atoms with Gasteiger partial charge in [0, 0.05) is 0 Å². The third-order valence-corrected chi connectivity index (χ3v) is 2.45. The summed E-state index contributed by atoms with van der Waals surface area (Å²) in [6, 6.07) is 9.24. The first-order valence-electron chi connectivity index (χ1n) is 5.55. The molecule has 4 heteroatoms. The highest BCUT2D eigenvalue weighted by molar-refractivity contribution is 5.80.